The Balaban J connectivity index is 1.71. The van der Waals surface area contributed by atoms with E-state index in [-0.39, 0.29) is 11.8 Å². The Labute approximate surface area is 121 Å². The number of hydrogen-bond donors (Lipinski definition) is 1. The Morgan fingerprint density at radius 3 is 2.30 bits per heavy atom. The van der Waals surface area contributed by atoms with Crippen LogP contribution in [0.2, 0.25) is 0 Å². The van der Waals surface area contributed by atoms with Crippen LogP contribution in [0.1, 0.15) is 37.2 Å². The summed E-state index contributed by atoms with van der Waals surface area (Å²) in [5.74, 6) is 1.54. The average molecular weight is 272 g/mol. The van der Waals surface area contributed by atoms with E-state index < -0.39 is 0 Å². The highest BCUT2D eigenvalue weighted by molar-refractivity contribution is 5.84. The summed E-state index contributed by atoms with van der Waals surface area (Å²) in [6, 6.07) is 9.97. The molecule has 3 unspecified atom stereocenters. The molecule has 0 radical (unpaired) electrons. The molecule has 2 N–H and O–H groups in total. The van der Waals surface area contributed by atoms with Gasteiger partial charge < -0.3 is 10.6 Å². The number of nitrogens with zero attached hydrogens (tertiary/aromatic N) is 1. The molecule has 1 aromatic rings. The van der Waals surface area contributed by atoms with Crippen LogP contribution in [0.5, 0.6) is 0 Å². The van der Waals surface area contributed by atoms with Gasteiger partial charge in [0.05, 0.1) is 5.92 Å². The Morgan fingerprint density at radius 2 is 1.75 bits per heavy atom. The lowest BCUT2D eigenvalue weighted by Crippen LogP contribution is -2.36. The van der Waals surface area contributed by atoms with Crippen LogP contribution in [0.3, 0.4) is 0 Å². The van der Waals surface area contributed by atoms with Gasteiger partial charge in [-0.15, -0.1) is 0 Å². The van der Waals surface area contributed by atoms with Gasteiger partial charge in [0.25, 0.3) is 0 Å². The number of carbonyl (C=O) groups excluding carboxylic acids is 1. The molecule has 2 fully saturated rings. The van der Waals surface area contributed by atoms with Gasteiger partial charge in [0.15, 0.2) is 0 Å². The van der Waals surface area contributed by atoms with E-state index in [1.807, 2.05) is 30.3 Å². The van der Waals surface area contributed by atoms with Gasteiger partial charge in [-0.05, 0) is 30.2 Å². The van der Waals surface area contributed by atoms with Crippen LogP contribution in [0.25, 0.3) is 0 Å². The van der Waals surface area contributed by atoms with Gasteiger partial charge >= 0.3 is 0 Å². The summed E-state index contributed by atoms with van der Waals surface area (Å²) in [7, 11) is 0. The fourth-order valence-corrected chi connectivity index (χ4v) is 3.87. The predicted octanol–water partition coefficient (Wildman–Crippen LogP) is 2.38. The lowest BCUT2D eigenvalue weighted by molar-refractivity contribution is -0.131. The van der Waals surface area contributed by atoms with Gasteiger partial charge in [0.2, 0.25) is 5.91 Å². The van der Waals surface area contributed by atoms with Gasteiger partial charge in [-0.2, -0.15) is 0 Å². The van der Waals surface area contributed by atoms with Gasteiger partial charge in [-0.1, -0.05) is 43.2 Å². The minimum atomic E-state index is -0.170. The number of hydrogen-bond acceptors (Lipinski definition) is 2. The zero-order valence-electron chi connectivity index (χ0n) is 12.0. The van der Waals surface area contributed by atoms with Crippen LogP contribution >= 0.6 is 0 Å². The molecule has 1 aromatic carbocycles. The SMILES string of the molecule is NCC(C(=O)N1CC2CCCCC2C1)c1ccccc1. The maximum Gasteiger partial charge on any atom is 0.231 e. The van der Waals surface area contributed by atoms with Crippen LogP contribution in [-0.2, 0) is 4.79 Å². The largest absolute Gasteiger partial charge is 0.342 e. The Morgan fingerprint density at radius 1 is 1.15 bits per heavy atom. The van der Waals surface area contributed by atoms with Gasteiger partial charge in [-0.25, -0.2) is 0 Å². The van der Waals surface area contributed by atoms with Crippen molar-refractivity contribution in [1.82, 2.24) is 4.90 Å². The predicted molar refractivity (Wildman–Crippen MR) is 80.3 cm³/mol. The number of rotatable bonds is 3. The van der Waals surface area contributed by atoms with E-state index in [1.165, 1.54) is 25.7 Å². The first-order valence-electron chi connectivity index (χ1n) is 7.83. The Hall–Kier alpha value is -1.35. The summed E-state index contributed by atoms with van der Waals surface area (Å²) in [5.41, 5.74) is 6.92. The summed E-state index contributed by atoms with van der Waals surface area (Å²) in [5, 5.41) is 0. The van der Waals surface area contributed by atoms with Crippen molar-refractivity contribution in [1.29, 1.82) is 0 Å². The highest BCUT2D eigenvalue weighted by atomic mass is 16.2. The van der Waals surface area contributed by atoms with Crippen LogP contribution in [-0.4, -0.2) is 30.4 Å². The van der Waals surface area contributed by atoms with E-state index in [0.29, 0.717) is 6.54 Å². The van der Waals surface area contributed by atoms with Crippen molar-refractivity contribution in [3.63, 3.8) is 0 Å². The molecular weight excluding hydrogens is 248 g/mol. The molecule has 1 saturated carbocycles. The normalized spacial score (nSPS) is 27.1. The molecule has 3 nitrogen and oxygen atoms in total. The second-order valence-electron chi connectivity index (χ2n) is 6.25. The van der Waals surface area contributed by atoms with Crippen LogP contribution in [0.4, 0.5) is 0 Å². The molecule has 1 aliphatic carbocycles. The van der Waals surface area contributed by atoms with Crippen LogP contribution in [0.15, 0.2) is 30.3 Å². The van der Waals surface area contributed by atoms with E-state index in [1.54, 1.807) is 0 Å². The van der Waals surface area contributed by atoms with E-state index in [0.717, 1.165) is 30.5 Å². The zero-order chi connectivity index (χ0) is 13.9. The van der Waals surface area contributed by atoms with E-state index in [9.17, 15) is 4.79 Å². The lowest BCUT2D eigenvalue weighted by atomic mass is 9.82. The quantitative estimate of drug-likeness (QED) is 0.918. The molecule has 108 valence electrons. The summed E-state index contributed by atoms with van der Waals surface area (Å²) < 4.78 is 0. The van der Waals surface area contributed by atoms with Crippen LogP contribution < -0.4 is 5.73 Å². The number of nitrogens with two attached hydrogens (primary N) is 1. The number of benzene rings is 1. The maximum absolute atomic E-state index is 12.8. The first kappa shape index (κ1) is 13.6. The number of likely N-dealkylation sites (tertiary alicyclic amines) is 1. The highest BCUT2D eigenvalue weighted by Gasteiger charge is 2.38. The molecule has 1 saturated heterocycles. The van der Waals surface area contributed by atoms with Crippen molar-refractivity contribution in [2.45, 2.75) is 31.6 Å². The Bertz CT molecular complexity index is 445. The molecule has 0 spiro atoms. The third-order valence-corrected chi connectivity index (χ3v) is 5.02. The molecule has 2 aliphatic rings. The number of amides is 1. The summed E-state index contributed by atoms with van der Waals surface area (Å²) >= 11 is 0. The van der Waals surface area contributed by atoms with Crippen molar-refractivity contribution in [3.8, 4) is 0 Å². The van der Waals surface area contributed by atoms with Crippen molar-refractivity contribution >= 4 is 5.91 Å². The van der Waals surface area contributed by atoms with E-state index >= 15 is 0 Å². The topological polar surface area (TPSA) is 46.3 Å². The molecule has 3 rings (SSSR count). The third kappa shape index (κ3) is 2.59. The molecule has 3 heteroatoms. The highest BCUT2D eigenvalue weighted by Crippen LogP contribution is 2.37. The van der Waals surface area contributed by atoms with Crippen molar-refractivity contribution in [2.24, 2.45) is 17.6 Å². The Kier molecular flexibility index (Phi) is 4.06. The summed E-state index contributed by atoms with van der Waals surface area (Å²) in [4.78, 5) is 14.8. The fourth-order valence-electron chi connectivity index (χ4n) is 3.87. The summed E-state index contributed by atoms with van der Waals surface area (Å²) in [6.07, 6.45) is 5.27. The fraction of sp³-hybridized carbons (Fsp3) is 0.588. The number of carbonyl (C=O) groups is 1. The molecule has 3 atom stereocenters. The van der Waals surface area contributed by atoms with E-state index in [4.69, 9.17) is 5.73 Å². The van der Waals surface area contributed by atoms with Crippen LogP contribution in [0, 0.1) is 11.8 Å². The molecule has 1 aliphatic heterocycles. The third-order valence-electron chi connectivity index (χ3n) is 5.02. The monoisotopic (exact) mass is 272 g/mol. The van der Waals surface area contributed by atoms with Crippen molar-refractivity contribution in [3.05, 3.63) is 35.9 Å². The smallest absolute Gasteiger partial charge is 0.231 e. The summed E-state index contributed by atoms with van der Waals surface area (Å²) in [6.45, 7) is 2.30. The molecule has 1 amide bonds. The van der Waals surface area contributed by atoms with Crippen molar-refractivity contribution < 1.29 is 4.79 Å². The van der Waals surface area contributed by atoms with Gasteiger partial charge in [0.1, 0.15) is 0 Å². The first-order chi connectivity index (χ1) is 9.79. The van der Waals surface area contributed by atoms with E-state index in [2.05, 4.69) is 4.90 Å². The maximum atomic E-state index is 12.8. The van der Waals surface area contributed by atoms with Gasteiger partial charge in [-0.3, -0.25) is 4.79 Å². The van der Waals surface area contributed by atoms with Crippen molar-refractivity contribution in [2.75, 3.05) is 19.6 Å². The molecule has 0 bridgehead atoms. The average Bonchev–Trinajstić information content (AvgIpc) is 2.93. The molecule has 0 aromatic heterocycles. The minimum Gasteiger partial charge on any atom is -0.342 e. The molecule has 1 heterocycles. The first-order valence-corrected chi connectivity index (χ1v) is 7.83. The lowest BCUT2D eigenvalue weighted by Gasteiger charge is -2.23. The van der Waals surface area contributed by atoms with Gasteiger partial charge in [0, 0.05) is 19.6 Å². The second-order valence-corrected chi connectivity index (χ2v) is 6.25. The zero-order valence-corrected chi connectivity index (χ0v) is 12.0. The minimum absolute atomic E-state index is 0.170. The standard InChI is InChI=1S/C17H24N2O/c18-10-16(13-6-2-1-3-7-13)17(20)19-11-14-8-4-5-9-15(14)12-19/h1-3,6-7,14-16H,4-5,8-12,18H2. The number of fused-ring (bicyclic) bond motifs is 1. The molecule has 20 heavy (non-hydrogen) atoms. The second kappa shape index (κ2) is 5.96. The molecular formula is C17H24N2O.